The number of hydrogen-bond acceptors (Lipinski definition) is 7. The van der Waals surface area contributed by atoms with Gasteiger partial charge in [-0.25, -0.2) is 0 Å². The van der Waals surface area contributed by atoms with Crippen molar-refractivity contribution in [3.05, 3.63) is 195 Å². The highest BCUT2D eigenvalue weighted by molar-refractivity contribution is 7.39. The Kier molecular flexibility index (Phi) is 10.1. The number of anilines is 1. The molecule has 63 heavy (non-hydrogen) atoms. The maximum atomic E-state index is 14.2. The Balaban J connectivity index is 1.47. The molecule has 1 aromatic heterocycles. The summed E-state index contributed by atoms with van der Waals surface area (Å²) in [5.74, 6) is 0. The molecule has 8 aromatic carbocycles. The summed E-state index contributed by atoms with van der Waals surface area (Å²) < 4.78 is 101. The number of alkyl halides is 6. The van der Waals surface area contributed by atoms with Gasteiger partial charge in [0.25, 0.3) is 11.4 Å². The third kappa shape index (κ3) is 7.78. The Hall–Kier alpha value is -7.64. The Morgan fingerprint density at radius 3 is 1.35 bits per heavy atom. The third-order valence-electron chi connectivity index (χ3n) is 10.6. The molecule has 1 heterocycles. The van der Waals surface area contributed by atoms with Crippen molar-refractivity contribution >= 4 is 68.7 Å². The van der Waals surface area contributed by atoms with Gasteiger partial charge in [-0.15, -0.1) is 0 Å². The summed E-state index contributed by atoms with van der Waals surface area (Å²) in [6.07, 6.45) is -10.2. The van der Waals surface area contributed by atoms with Gasteiger partial charge in [-0.3, -0.25) is 24.9 Å². The Morgan fingerprint density at radius 2 is 0.937 bits per heavy atom. The molecule has 0 radical (unpaired) electrons. The first-order chi connectivity index (χ1) is 30.1. The van der Waals surface area contributed by atoms with Crippen molar-refractivity contribution in [2.75, 3.05) is 4.67 Å². The van der Waals surface area contributed by atoms with Crippen LogP contribution in [-0.4, -0.2) is 9.85 Å². The number of nitrogens with zero attached hydrogens (tertiary/aromatic N) is 3. The van der Waals surface area contributed by atoms with E-state index in [1.807, 2.05) is 60.7 Å². The molecule has 0 unspecified atom stereocenters. The molecule has 0 aliphatic carbocycles. The van der Waals surface area contributed by atoms with E-state index >= 15 is 0 Å². The molecule has 0 amide bonds. The summed E-state index contributed by atoms with van der Waals surface area (Å²) in [4.78, 5) is 22.4. The molecule has 9 rings (SSSR count). The molecule has 0 saturated heterocycles. The van der Waals surface area contributed by atoms with E-state index < -0.39 is 48.0 Å². The number of rotatable bonds is 8. The standard InChI is InChI=1S/C47H28F6N3O6P/c48-46(49,50)33-22-28(23-34(26-33)47(51,52)53)27-54(35-10-2-1-3-11-35)63-61-44-40(29-14-18-36(19-15-29)55(57)58)24-31-8-4-6-12-38(31)42(44)43-39-13-7-5-9-32(39)25-41(45(43)62-63)30-16-20-37(21-17-30)56(59)60/h1-26H,27H2. The number of non-ortho nitro benzene ring substituents is 2. The van der Waals surface area contributed by atoms with Crippen molar-refractivity contribution in [1.29, 1.82) is 0 Å². The van der Waals surface area contributed by atoms with Gasteiger partial charge in [-0.1, -0.05) is 66.7 Å². The minimum absolute atomic E-state index is 0.0655. The molecular formula is C47H28F6N3O6P. The number of benzene rings is 8. The summed E-state index contributed by atoms with van der Waals surface area (Å²) in [5.41, 5.74) is -0.997. The van der Waals surface area contributed by atoms with Crippen LogP contribution < -0.4 is 4.67 Å². The lowest BCUT2D eigenvalue weighted by Gasteiger charge is -2.23. The van der Waals surface area contributed by atoms with Gasteiger partial charge in [0, 0.05) is 51.9 Å². The van der Waals surface area contributed by atoms with Crippen LogP contribution in [-0.2, 0) is 18.9 Å². The van der Waals surface area contributed by atoms with E-state index in [-0.39, 0.29) is 34.2 Å². The van der Waals surface area contributed by atoms with Gasteiger partial charge in [0.2, 0.25) is 0 Å². The topological polar surface area (TPSA) is 116 Å². The molecule has 0 bridgehead atoms. The van der Waals surface area contributed by atoms with E-state index in [9.17, 15) is 46.6 Å². The van der Waals surface area contributed by atoms with Gasteiger partial charge < -0.3 is 8.39 Å². The largest absolute Gasteiger partial charge is 0.416 e. The highest BCUT2D eigenvalue weighted by Gasteiger charge is 2.37. The average Bonchev–Trinajstić information content (AvgIpc) is 3.45. The third-order valence-corrected chi connectivity index (χ3v) is 12.0. The Bertz CT molecular complexity index is 3110. The smallest absolute Gasteiger partial charge is 0.403 e. The first-order valence-corrected chi connectivity index (χ1v) is 20.2. The fraction of sp³-hybridized carbons (Fsp3) is 0.0638. The summed E-state index contributed by atoms with van der Waals surface area (Å²) in [7, 11) is -2.61. The molecule has 314 valence electrons. The SMILES string of the molecule is O=[N+]([O-])c1ccc(-c2cc3ccccc3c3c2op(N(Cc2cc(C(F)(F)F)cc(C(F)(F)F)c2)c2ccccc2)oc2c(-c4ccc([N+](=O)[O-])cc4)cc4ccccc4c23)cc1. The molecule has 0 spiro atoms. The number of halogens is 6. The monoisotopic (exact) mass is 875 g/mol. The zero-order chi connectivity index (χ0) is 44.2. The molecule has 9 aromatic rings. The number of hydrogen-bond donors (Lipinski definition) is 0. The second-order valence-electron chi connectivity index (χ2n) is 14.5. The predicted octanol–water partition coefficient (Wildman–Crippen LogP) is 15.3. The van der Waals surface area contributed by atoms with Crippen LogP contribution in [0.15, 0.2) is 166 Å². The van der Waals surface area contributed by atoms with E-state index in [0.29, 0.717) is 61.6 Å². The summed E-state index contributed by atoms with van der Waals surface area (Å²) in [5, 5.41) is 27.3. The molecule has 16 heteroatoms. The van der Waals surface area contributed by atoms with E-state index in [1.54, 1.807) is 54.6 Å². The minimum atomic E-state index is -5.12. The van der Waals surface area contributed by atoms with E-state index in [0.717, 1.165) is 10.8 Å². The maximum Gasteiger partial charge on any atom is 0.416 e. The molecule has 0 aliphatic rings. The van der Waals surface area contributed by atoms with Crippen molar-refractivity contribution in [3.8, 4) is 22.3 Å². The van der Waals surface area contributed by atoms with Crippen LogP contribution in [0.1, 0.15) is 16.7 Å². The lowest BCUT2D eigenvalue weighted by Crippen LogP contribution is -2.16. The average molecular weight is 876 g/mol. The molecule has 9 nitrogen and oxygen atoms in total. The van der Waals surface area contributed by atoms with Gasteiger partial charge in [-0.05, 0) is 105 Å². The molecule has 0 saturated carbocycles. The first kappa shape index (κ1) is 40.7. The second-order valence-corrected chi connectivity index (χ2v) is 15.9. The summed E-state index contributed by atoms with van der Waals surface area (Å²) in [6, 6.07) is 39.7. The molecular weight excluding hydrogens is 847 g/mol. The molecule has 0 atom stereocenters. The highest BCUT2D eigenvalue weighted by atomic mass is 31.1. The zero-order valence-electron chi connectivity index (χ0n) is 32.2. The van der Waals surface area contributed by atoms with Crippen LogP contribution in [0.2, 0.25) is 0 Å². The van der Waals surface area contributed by atoms with Crippen LogP contribution in [0.4, 0.5) is 43.4 Å². The van der Waals surface area contributed by atoms with Gasteiger partial charge in [-0.2, -0.15) is 26.3 Å². The van der Waals surface area contributed by atoms with Crippen LogP contribution >= 0.6 is 8.16 Å². The number of nitro benzene ring substituents is 2. The lowest BCUT2D eigenvalue weighted by molar-refractivity contribution is -0.385. The Labute approximate surface area is 352 Å². The van der Waals surface area contributed by atoms with Gasteiger partial charge in [0.05, 0.1) is 27.5 Å². The van der Waals surface area contributed by atoms with E-state index in [1.165, 1.54) is 28.9 Å². The zero-order valence-corrected chi connectivity index (χ0v) is 33.1. The summed E-state index contributed by atoms with van der Waals surface area (Å²) >= 11 is 0. The second kappa shape index (κ2) is 15.7. The molecule has 0 N–H and O–H groups in total. The number of para-hydroxylation sites is 1. The fourth-order valence-corrected chi connectivity index (χ4v) is 9.22. The van der Waals surface area contributed by atoms with Gasteiger partial charge in [0.1, 0.15) is 0 Å². The lowest BCUT2D eigenvalue weighted by atomic mass is 9.91. The first-order valence-electron chi connectivity index (χ1n) is 19.0. The quantitative estimate of drug-likeness (QED) is 0.0848. The highest BCUT2D eigenvalue weighted by Crippen LogP contribution is 2.50. The van der Waals surface area contributed by atoms with Crippen LogP contribution in [0, 0.1) is 20.2 Å². The van der Waals surface area contributed by atoms with Gasteiger partial charge >= 0.3 is 20.5 Å². The number of fused-ring (bicyclic) bond motifs is 7. The van der Waals surface area contributed by atoms with Crippen LogP contribution in [0.25, 0.3) is 65.7 Å². The van der Waals surface area contributed by atoms with Gasteiger partial charge in [0.15, 0.2) is 11.2 Å². The number of nitro groups is 2. The van der Waals surface area contributed by atoms with Crippen molar-refractivity contribution in [1.82, 2.24) is 0 Å². The molecule has 0 aliphatic heterocycles. The van der Waals surface area contributed by atoms with Crippen molar-refractivity contribution in [3.63, 3.8) is 0 Å². The van der Waals surface area contributed by atoms with Crippen molar-refractivity contribution in [2.45, 2.75) is 18.9 Å². The predicted molar refractivity (Wildman–Crippen MR) is 230 cm³/mol. The van der Waals surface area contributed by atoms with Crippen LogP contribution in [0.5, 0.6) is 0 Å². The van der Waals surface area contributed by atoms with E-state index in [2.05, 4.69) is 0 Å². The fourth-order valence-electron chi connectivity index (χ4n) is 7.70. The molecule has 0 fully saturated rings. The summed E-state index contributed by atoms with van der Waals surface area (Å²) in [6.45, 7) is -0.561. The maximum absolute atomic E-state index is 14.2. The van der Waals surface area contributed by atoms with Crippen molar-refractivity contribution < 1.29 is 44.6 Å². The van der Waals surface area contributed by atoms with Crippen LogP contribution in [0.3, 0.4) is 0 Å². The van der Waals surface area contributed by atoms with Crippen molar-refractivity contribution in [2.24, 2.45) is 0 Å². The minimum Gasteiger partial charge on any atom is -0.403 e. The normalized spacial score (nSPS) is 12.0. The van der Waals surface area contributed by atoms with E-state index in [4.69, 9.17) is 8.39 Å². The Morgan fingerprint density at radius 1 is 0.524 bits per heavy atom.